The molecular weight excluding hydrogens is 495 g/mol. The van der Waals surface area contributed by atoms with Gasteiger partial charge in [-0.15, -0.1) is 0 Å². The van der Waals surface area contributed by atoms with Gasteiger partial charge in [0.05, 0.1) is 23.5 Å². The Morgan fingerprint density at radius 2 is 2.00 bits per heavy atom. The highest BCUT2D eigenvalue weighted by atomic mass is 19.1. The molecule has 1 amide bonds. The minimum Gasteiger partial charge on any atom is -0.374 e. The molecule has 9 nitrogen and oxygen atoms in total. The molecule has 4 aromatic heterocycles. The molecule has 2 aliphatic rings. The average Bonchev–Trinajstić information content (AvgIpc) is 3.51. The number of nitrogens with one attached hydrogen (secondary N) is 2. The SMILES string of the molecule is Cc1cc(-n2cc(C(=O)N3CCN(/C=C\C4CCC4)CC3)c3ccc(N[C@@H](C)c4ccc(F)cn4)nc32)n[nH]1. The van der Waals surface area contributed by atoms with Gasteiger partial charge < -0.3 is 15.1 Å². The lowest BCUT2D eigenvalue weighted by Crippen LogP contribution is -2.46. The summed E-state index contributed by atoms with van der Waals surface area (Å²) in [4.78, 5) is 27.0. The second-order valence-corrected chi connectivity index (χ2v) is 10.5. The van der Waals surface area contributed by atoms with Crippen LogP contribution in [-0.2, 0) is 0 Å². The van der Waals surface area contributed by atoms with Crippen molar-refractivity contribution in [1.82, 2.24) is 34.5 Å². The van der Waals surface area contributed by atoms with Gasteiger partial charge in [0.2, 0.25) is 0 Å². The van der Waals surface area contributed by atoms with Crippen molar-refractivity contribution in [1.29, 1.82) is 0 Å². The van der Waals surface area contributed by atoms with E-state index in [2.05, 4.69) is 37.7 Å². The number of fused-ring (bicyclic) bond motifs is 1. The molecular formula is C29H33FN8O. The molecule has 0 bridgehead atoms. The summed E-state index contributed by atoms with van der Waals surface area (Å²) >= 11 is 0. The summed E-state index contributed by atoms with van der Waals surface area (Å²) in [5, 5.41) is 11.5. The molecule has 6 rings (SSSR count). The van der Waals surface area contributed by atoms with E-state index in [1.165, 1.54) is 31.5 Å². The van der Waals surface area contributed by atoms with Gasteiger partial charge >= 0.3 is 0 Å². The van der Waals surface area contributed by atoms with Gasteiger partial charge in [-0.2, -0.15) is 5.10 Å². The normalized spacial score (nSPS) is 17.1. The van der Waals surface area contributed by atoms with Gasteiger partial charge in [0, 0.05) is 49.5 Å². The van der Waals surface area contributed by atoms with Crippen LogP contribution in [0.25, 0.3) is 16.9 Å². The first-order valence-corrected chi connectivity index (χ1v) is 13.6. The van der Waals surface area contributed by atoms with Crippen molar-refractivity contribution in [2.75, 3.05) is 31.5 Å². The molecule has 1 aliphatic heterocycles. The lowest BCUT2D eigenvalue weighted by atomic mass is 9.85. The highest BCUT2D eigenvalue weighted by Crippen LogP contribution is 2.29. The fourth-order valence-corrected chi connectivity index (χ4v) is 5.11. The number of aromatic amines is 1. The zero-order valence-electron chi connectivity index (χ0n) is 22.3. The maximum absolute atomic E-state index is 13.7. The lowest BCUT2D eigenvalue weighted by molar-refractivity contribution is 0.0680. The molecule has 0 aromatic carbocycles. The van der Waals surface area contributed by atoms with Crippen LogP contribution in [0.15, 0.2) is 55.0 Å². The van der Waals surface area contributed by atoms with Crippen LogP contribution in [0.3, 0.4) is 0 Å². The van der Waals surface area contributed by atoms with Crippen molar-refractivity contribution < 1.29 is 9.18 Å². The van der Waals surface area contributed by atoms with E-state index in [4.69, 9.17) is 4.98 Å². The van der Waals surface area contributed by atoms with Gasteiger partial charge in [0.1, 0.15) is 17.3 Å². The number of piperazine rings is 1. The Hall–Kier alpha value is -4.21. The van der Waals surface area contributed by atoms with Crippen LogP contribution in [0.2, 0.25) is 0 Å². The second kappa shape index (κ2) is 10.5. The van der Waals surface area contributed by atoms with E-state index in [0.717, 1.165) is 30.1 Å². The Morgan fingerprint density at radius 3 is 2.67 bits per heavy atom. The molecule has 1 saturated heterocycles. The number of hydrogen-bond donors (Lipinski definition) is 2. The molecule has 1 saturated carbocycles. The fourth-order valence-electron chi connectivity index (χ4n) is 5.11. The van der Waals surface area contributed by atoms with E-state index in [1.54, 1.807) is 6.07 Å². The van der Waals surface area contributed by atoms with Crippen LogP contribution in [0, 0.1) is 18.7 Å². The molecule has 2 fully saturated rings. The minimum atomic E-state index is -0.374. The molecule has 10 heteroatoms. The first-order chi connectivity index (χ1) is 18.9. The van der Waals surface area contributed by atoms with Crippen molar-refractivity contribution in [3.8, 4) is 5.82 Å². The topological polar surface area (TPSA) is 95.0 Å². The molecule has 2 N–H and O–H groups in total. The maximum Gasteiger partial charge on any atom is 0.256 e. The smallest absolute Gasteiger partial charge is 0.256 e. The summed E-state index contributed by atoms with van der Waals surface area (Å²) in [6.45, 7) is 6.89. The molecule has 0 radical (unpaired) electrons. The number of carbonyl (C=O) groups excluding carboxylic acids is 1. The monoisotopic (exact) mass is 528 g/mol. The number of rotatable bonds is 7. The Bertz CT molecular complexity index is 1500. The van der Waals surface area contributed by atoms with Crippen LogP contribution in [-0.4, -0.2) is 66.6 Å². The van der Waals surface area contributed by atoms with Gasteiger partial charge in [-0.1, -0.05) is 12.5 Å². The molecule has 4 aromatic rings. The van der Waals surface area contributed by atoms with Crippen LogP contribution < -0.4 is 5.32 Å². The molecule has 5 heterocycles. The number of amides is 1. The number of pyridine rings is 2. The summed E-state index contributed by atoms with van der Waals surface area (Å²) in [5.41, 5.74) is 2.86. The standard InChI is InChI=1S/C29H33FN8O/c1-19-16-27(35-34-19)38-18-24(29(39)37-14-12-36(13-15-37)11-10-21-4-3-5-21)23-7-9-26(33-28(23)38)32-20(2)25-8-6-22(30)17-31-25/h6-11,16-18,20-21H,3-5,12-15H2,1-2H3,(H,32,33)(H,34,35)/b11-10-/t20-/m0/s1. The molecule has 1 atom stereocenters. The van der Waals surface area contributed by atoms with E-state index < -0.39 is 0 Å². The predicted molar refractivity (Wildman–Crippen MR) is 148 cm³/mol. The number of aryl methyl sites for hydroxylation is 1. The Labute approximate surface area is 226 Å². The maximum atomic E-state index is 13.7. The first kappa shape index (κ1) is 25.1. The first-order valence-electron chi connectivity index (χ1n) is 13.6. The number of nitrogens with zero attached hydrogens (tertiary/aromatic N) is 6. The number of carbonyl (C=O) groups is 1. The van der Waals surface area contributed by atoms with E-state index in [0.29, 0.717) is 41.6 Å². The van der Waals surface area contributed by atoms with Crippen molar-refractivity contribution in [2.45, 2.75) is 39.2 Å². The molecule has 1 aliphatic carbocycles. The largest absolute Gasteiger partial charge is 0.374 e. The summed E-state index contributed by atoms with van der Waals surface area (Å²) < 4.78 is 15.2. The Kier molecular flexibility index (Phi) is 6.76. The third-order valence-electron chi connectivity index (χ3n) is 7.70. The highest BCUT2D eigenvalue weighted by Gasteiger charge is 2.26. The average molecular weight is 529 g/mol. The van der Waals surface area contributed by atoms with Gasteiger partial charge in [0.15, 0.2) is 5.82 Å². The lowest BCUT2D eigenvalue weighted by Gasteiger charge is -2.34. The van der Waals surface area contributed by atoms with E-state index in [-0.39, 0.29) is 17.8 Å². The molecule has 0 spiro atoms. The van der Waals surface area contributed by atoms with Gasteiger partial charge in [-0.05, 0) is 63.1 Å². The number of allylic oxidation sites excluding steroid dienone is 1. The summed E-state index contributed by atoms with van der Waals surface area (Å²) in [5.74, 6) is 1.64. The number of anilines is 1. The quantitative estimate of drug-likeness (QED) is 0.357. The molecule has 0 unspecified atom stereocenters. The Morgan fingerprint density at radius 1 is 1.18 bits per heavy atom. The number of aromatic nitrogens is 5. The van der Waals surface area contributed by atoms with Crippen LogP contribution in [0.4, 0.5) is 10.2 Å². The molecule has 39 heavy (non-hydrogen) atoms. The van der Waals surface area contributed by atoms with Crippen LogP contribution in [0.1, 0.15) is 54.0 Å². The summed E-state index contributed by atoms with van der Waals surface area (Å²) in [7, 11) is 0. The second-order valence-electron chi connectivity index (χ2n) is 10.5. The van der Waals surface area contributed by atoms with E-state index in [9.17, 15) is 9.18 Å². The predicted octanol–water partition coefficient (Wildman–Crippen LogP) is 4.84. The number of halogens is 1. The fraction of sp³-hybridized carbons (Fsp3) is 0.379. The third kappa shape index (κ3) is 5.23. The highest BCUT2D eigenvalue weighted by molar-refractivity contribution is 6.06. The van der Waals surface area contributed by atoms with Crippen molar-refractivity contribution in [3.63, 3.8) is 0 Å². The van der Waals surface area contributed by atoms with Gasteiger partial charge in [-0.25, -0.2) is 9.37 Å². The third-order valence-corrected chi connectivity index (χ3v) is 7.70. The Balaban J connectivity index is 1.25. The van der Waals surface area contributed by atoms with E-state index >= 15 is 0 Å². The minimum absolute atomic E-state index is 0.0000181. The van der Waals surface area contributed by atoms with Crippen molar-refractivity contribution in [2.24, 2.45) is 5.92 Å². The van der Waals surface area contributed by atoms with Gasteiger partial charge in [0.25, 0.3) is 5.91 Å². The van der Waals surface area contributed by atoms with Crippen molar-refractivity contribution in [3.05, 3.63) is 77.8 Å². The summed E-state index contributed by atoms with van der Waals surface area (Å²) in [6, 6.07) is 8.57. The van der Waals surface area contributed by atoms with E-state index in [1.807, 2.05) is 47.7 Å². The van der Waals surface area contributed by atoms with Gasteiger partial charge in [-0.3, -0.25) is 19.4 Å². The zero-order valence-corrected chi connectivity index (χ0v) is 22.3. The summed E-state index contributed by atoms with van der Waals surface area (Å²) in [6.07, 6.45) is 11.5. The van der Waals surface area contributed by atoms with Crippen LogP contribution >= 0.6 is 0 Å². The number of hydrogen-bond acceptors (Lipinski definition) is 6. The zero-order chi connectivity index (χ0) is 26.9. The van der Waals surface area contributed by atoms with Crippen LogP contribution in [0.5, 0.6) is 0 Å². The van der Waals surface area contributed by atoms with Crippen molar-refractivity contribution >= 4 is 22.8 Å². The molecule has 202 valence electrons. The number of H-pyrrole nitrogens is 1.